The van der Waals surface area contributed by atoms with E-state index < -0.39 is 5.97 Å². The molecule has 0 radical (unpaired) electrons. The van der Waals surface area contributed by atoms with Crippen LogP contribution in [0.4, 0.5) is 5.00 Å². The molecule has 30 heavy (non-hydrogen) atoms. The molecule has 0 aliphatic rings. The lowest BCUT2D eigenvalue weighted by atomic mass is 10.0. The SMILES string of the molecule is COC(=O)c1c(NC(=O)CCC(=O)c2ccc(C)cc2)sc(C)c1-c1ccccc1. The Labute approximate surface area is 179 Å². The first-order valence-electron chi connectivity index (χ1n) is 9.57. The number of ketones is 1. The highest BCUT2D eigenvalue weighted by Gasteiger charge is 2.25. The molecule has 1 amide bonds. The second-order valence-electron chi connectivity index (χ2n) is 6.93. The molecule has 0 fully saturated rings. The van der Waals surface area contributed by atoms with Crippen LogP contribution in [-0.2, 0) is 9.53 Å². The third-order valence-electron chi connectivity index (χ3n) is 4.74. The van der Waals surface area contributed by atoms with E-state index in [2.05, 4.69) is 5.32 Å². The van der Waals surface area contributed by atoms with Gasteiger partial charge in [-0.25, -0.2) is 4.79 Å². The van der Waals surface area contributed by atoms with E-state index in [4.69, 9.17) is 4.74 Å². The maximum absolute atomic E-state index is 12.5. The monoisotopic (exact) mass is 421 g/mol. The Hall–Kier alpha value is -3.25. The van der Waals surface area contributed by atoms with Crippen molar-refractivity contribution < 1.29 is 19.1 Å². The second kappa shape index (κ2) is 9.50. The Balaban J connectivity index is 1.77. The standard InChI is InChI=1S/C24H23NO4S/c1-15-9-11-17(12-10-15)19(26)13-14-20(27)25-23-22(24(28)29-3)21(16(2)30-23)18-7-5-4-6-8-18/h4-12H,13-14H2,1-3H3,(H,25,27). The van der Waals surface area contributed by atoms with Gasteiger partial charge in [-0.05, 0) is 19.4 Å². The number of nitrogens with one attached hydrogen (secondary N) is 1. The van der Waals surface area contributed by atoms with Crippen LogP contribution in [0.1, 0.15) is 44.0 Å². The lowest BCUT2D eigenvalue weighted by molar-refractivity contribution is -0.116. The summed E-state index contributed by atoms with van der Waals surface area (Å²) in [7, 11) is 1.32. The quantitative estimate of drug-likeness (QED) is 0.408. The van der Waals surface area contributed by atoms with Gasteiger partial charge in [0.25, 0.3) is 0 Å². The number of hydrogen-bond acceptors (Lipinski definition) is 5. The average Bonchev–Trinajstić information content (AvgIpc) is 3.08. The minimum atomic E-state index is -0.510. The van der Waals surface area contributed by atoms with Crippen molar-refractivity contribution in [3.8, 4) is 11.1 Å². The summed E-state index contributed by atoms with van der Waals surface area (Å²) in [5, 5.41) is 3.24. The van der Waals surface area contributed by atoms with Crippen LogP contribution >= 0.6 is 11.3 Å². The number of methoxy groups -OCH3 is 1. The molecule has 2 aromatic carbocycles. The lowest BCUT2D eigenvalue weighted by Gasteiger charge is -2.08. The predicted octanol–water partition coefficient (Wildman–Crippen LogP) is 5.42. The number of ether oxygens (including phenoxy) is 1. The van der Waals surface area contributed by atoms with Crippen LogP contribution in [0.3, 0.4) is 0 Å². The third-order valence-corrected chi connectivity index (χ3v) is 5.76. The number of esters is 1. The lowest BCUT2D eigenvalue weighted by Crippen LogP contribution is -2.15. The number of anilines is 1. The van der Waals surface area contributed by atoms with Gasteiger partial charge in [0.2, 0.25) is 5.91 Å². The number of hydrogen-bond donors (Lipinski definition) is 1. The first kappa shape index (κ1) is 21.5. The smallest absolute Gasteiger partial charge is 0.341 e. The highest BCUT2D eigenvalue weighted by molar-refractivity contribution is 7.17. The second-order valence-corrected chi connectivity index (χ2v) is 8.16. The third kappa shape index (κ3) is 4.83. The zero-order valence-corrected chi connectivity index (χ0v) is 18.0. The predicted molar refractivity (Wildman–Crippen MR) is 119 cm³/mol. The van der Waals surface area contributed by atoms with Gasteiger partial charge in [0, 0.05) is 28.8 Å². The summed E-state index contributed by atoms with van der Waals surface area (Å²) in [6.45, 7) is 3.85. The summed E-state index contributed by atoms with van der Waals surface area (Å²) in [4.78, 5) is 38.2. The molecule has 1 heterocycles. The Bertz CT molecular complexity index is 1070. The number of carbonyl (C=O) groups excluding carboxylic acids is 3. The number of carbonyl (C=O) groups is 3. The van der Waals surface area contributed by atoms with Crippen molar-refractivity contribution in [2.45, 2.75) is 26.7 Å². The van der Waals surface area contributed by atoms with Gasteiger partial charge in [-0.3, -0.25) is 9.59 Å². The fourth-order valence-corrected chi connectivity index (χ4v) is 4.26. The van der Waals surface area contributed by atoms with Crippen LogP contribution in [-0.4, -0.2) is 24.8 Å². The highest BCUT2D eigenvalue weighted by atomic mass is 32.1. The van der Waals surface area contributed by atoms with Crippen molar-refractivity contribution in [1.29, 1.82) is 0 Å². The average molecular weight is 422 g/mol. The first-order valence-corrected chi connectivity index (χ1v) is 10.4. The summed E-state index contributed by atoms with van der Waals surface area (Å²) in [6.07, 6.45) is 0.128. The summed E-state index contributed by atoms with van der Waals surface area (Å²) in [5.74, 6) is -0.920. The van der Waals surface area contributed by atoms with Crippen LogP contribution in [0.5, 0.6) is 0 Å². The molecule has 0 spiro atoms. The van der Waals surface area contributed by atoms with Gasteiger partial charge < -0.3 is 10.1 Å². The number of rotatable bonds is 7. The molecule has 0 atom stereocenters. The van der Waals surface area contributed by atoms with Crippen molar-refractivity contribution in [2.75, 3.05) is 12.4 Å². The topological polar surface area (TPSA) is 72.5 Å². The highest BCUT2D eigenvalue weighted by Crippen LogP contribution is 2.40. The summed E-state index contributed by atoms with van der Waals surface area (Å²) < 4.78 is 4.96. The number of amides is 1. The zero-order chi connectivity index (χ0) is 21.7. The van der Waals surface area contributed by atoms with Gasteiger partial charge in [-0.2, -0.15) is 0 Å². The first-order chi connectivity index (χ1) is 14.4. The van der Waals surface area contributed by atoms with Crippen molar-refractivity contribution in [3.63, 3.8) is 0 Å². The van der Waals surface area contributed by atoms with E-state index >= 15 is 0 Å². The van der Waals surface area contributed by atoms with Crippen LogP contribution in [0, 0.1) is 13.8 Å². The molecule has 0 aliphatic carbocycles. The largest absolute Gasteiger partial charge is 0.465 e. The molecule has 0 aliphatic heterocycles. The van der Waals surface area contributed by atoms with E-state index in [1.807, 2.05) is 56.3 Å². The molecule has 6 heteroatoms. The summed E-state index contributed by atoms with van der Waals surface area (Å²) in [6, 6.07) is 16.8. The molecule has 3 rings (SSSR count). The molecule has 0 unspecified atom stereocenters. The molecular formula is C24H23NO4S. The molecule has 154 valence electrons. The number of aryl methyl sites for hydroxylation is 2. The summed E-state index contributed by atoms with van der Waals surface area (Å²) >= 11 is 1.32. The van der Waals surface area contributed by atoms with Gasteiger partial charge in [0.1, 0.15) is 10.6 Å². The van der Waals surface area contributed by atoms with Crippen molar-refractivity contribution in [1.82, 2.24) is 0 Å². The van der Waals surface area contributed by atoms with Gasteiger partial charge in [-0.1, -0.05) is 60.2 Å². The van der Waals surface area contributed by atoms with E-state index in [1.165, 1.54) is 18.4 Å². The Morgan fingerprint density at radius 2 is 1.60 bits per heavy atom. The van der Waals surface area contributed by atoms with Crippen molar-refractivity contribution in [3.05, 3.63) is 76.2 Å². The fraction of sp³-hybridized carbons (Fsp3) is 0.208. The van der Waals surface area contributed by atoms with E-state index in [9.17, 15) is 14.4 Å². The van der Waals surface area contributed by atoms with Crippen LogP contribution in [0.15, 0.2) is 54.6 Å². The van der Waals surface area contributed by atoms with E-state index in [0.29, 0.717) is 16.1 Å². The van der Waals surface area contributed by atoms with Crippen LogP contribution < -0.4 is 5.32 Å². The van der Waals surface area contributed by atoms with Gasteiger partial charge in [-0.15, -0.1) is 11.3 Å². The molecule has 0 saturated carbocycles. The van der Waals surface area contributed by atoms with Gasteiger partial charge in [0.05, 0.1) is 7.11 Å². The fourth-order valence-electron chi connectivity index (χ4n) is 3.18. The zero-order valence-electron chi connectivity index (χ0n) is 17.2. The summed E-state index contributed by atoms with van der Waals surface area (Å²) in [5.41, 5.74) is 3.62. The minimum absolute atomic E-state index is 0.0327. The normalized spacial score (nSPS) is 10.5. The molecule has 0 saturated heterocycles. The molecule has 0 bridgehead atoms. The Morgan fingerprint density at radius 3 is 2.23 bits per heavy atom. The van der Waals surface area contributed by atoms with E-state index in [1.54, 1.807) is 12.1 Å². The minimum Gasteiger partial charge on any atom is -0.465 e. The van der Waals surface area contributed by atoms with E-state index in [0.717, 1.165) is 21.6 Å². The van der Waals surface area contributed by atoms with Crippen LogP contribution in [0.25, 0.3) is 11.1 Å². The molecular weight excluding hydrogens is 398 g/mol. The maximum Gasteiger partial charge on any atom is 0.341 e. The molecule has 3 aromatic rings. The van der Waals surface area contributed by atoms with Crippen molar-refractivity contribution >= 4 is 34.0 Å². The number of benzene rings is 2. The Morgan fingerprint density at radius 1 is 0.933 bits per heavy atom. The van der Waals surface area contributed by atoms with Gasteiger partial charge in [0.15, 0.2) is 5.78 Å². The van der Waals surface area contributed by atoms with E-state index in [-0.39, 0.29) is 24.5 Å². The number of Topliss-reactive ketones (excluding diaryl/α,β-unsaturated/α-hetero) is 1. The maximum atomic E-state index is 12.5. The molecule has 1 N–H and O–H groups in total. The van der Waals surface area contributed by atoms with Crippen molar-refractivity contribution in [2.24, 2.45) is 0 Å². The molecule has 1 aromatic heterocycles. The van der Waals surface area contributed by atoms with Gasteiger partial charge >= 0.3 is 5.97 Å². The van der Waals surface area contributed by atoms with Crippen LogP contribution in [0.2, 0.25) is 0 Å². The number of thiophene rings is 1. The molecule has 5 nitrogen and oxygen atoms in total. The Kier molecular flexibility index (Phi) is 6.79.